The van der Waals surface area contributed by atoms with Crippen LogP contribution >= 0.6 is 0 Å². The van der Waals surface area contributed by atoms with Gasteiger partial charge in [0.2, 0.25) is 0 Å². The smallest absolute Gasteiger partial charge is 0.0806 e. The first-order chi connectivity index (χ1) is 6.27. The van der Waals surface area contributed by atoms with E-state index in [0.717, 1.165) is 31.6 Å². The number of hydrogen-bond acceptors (Lipinski definition) is 3. The molecule has 0 spiro atoms. The molecule has 1 aliphatic heterocycles. The van der Waals surface area contributed by atoms with Crippen LogP contribution in [0.15, 0.2) is 29.5 Å². The molecule has 0 saturated carbocycles. The Labute approximate surface area is 79.0 Å². The van der Waals surface area contributed by atoms with E-state index in [4.69, 9.17) is 5.21 Å². The highest BCUT2D eigenvalue weighted by molar-refractivity contribution is 5.98. The van der Waals surface area contributed by atoms with Crippen LogP contribution in [0.5, 0.6) is 0 Å². The molecule has 1 aliphatic rings. The van der Waals surface area contributed by atoms with E-state index in [9.17, 15) is 0 Å². The van der Waals surface area contributed by atoms with Crippen molar-refractivity contribution < 1.29 is 5.21 Å². The van der Waals surface area contributed by atoms with Crippen molar-refractivity contribution in [3.8, 4) is 0 Å². The van der Waals surface area contributed by atoms with Crippen molar-refractivity contribution in [3.63, 3.8) is 0 Å². The van der Waals surface area contributed by atoms with Crippen LogP contribution < -0.4 is 0 Å². The average Bonchev–Trinajstić information content (AvgIpc) is 2.18. The van der Waals surface area contributed by atoms with Crippen LogP contribution in [0.25, 0.3) is 0 Å². The van der Waals surface area contributed by atoms with E-state index in [-0.39, 0.29) is 0 Å². The SMILES string of the molecule is C=CCN1CCC=C(C(C)=NO)C1. The average molecular weight is 180 g/mol. The van der Waals surface area contributed by atoms with Gasteiger partial charge in [-0.25, -0.2) is 0 Å². The summed E-state index contributed by atoms with van der Waals surface area (Å²) in [7, 11) is 0. The monoisotopic (exact) mass is 180 g/mol. The first kappa shape index (κ1) is 9.99. The van der Waals surface area contributed by atoms with Crippen molar-refractivity contribution in [3.05, 3.63) is 24.3 Å². The Morgan fingerprint density at radius 2 is 2.62 bits per heavy atom. The van der Waals surface area contributed by atoms with E-state index in [1.54, 1.807) is 0 Å². The maximum Gasteiger partial charge on any atom is 0.0806 e. The maximum absolute atomic E-state index is 8.61. The molecule has 0 aliphatic carbocycles. The molecule has 0 unspecified atom stereocenters. The fraction of sp³-hybridized carbons (Fsp3) is 0.500. The molecule has 1 heterocycles. The summed E-state index contributed by atoms with van der Waals surface area (Å²) in [6.45, 7) is 8.35. The molecule has 0 amide bonds. The van der Waals surface area contributed by atoms with Crippen molar-refractivity contribution in [1.82, 2.24) is 4.90 Å². The number of oxime groups is 1. The Morgan fingerprint density at radius 3 is 3.23 bits per heavy atom. The van der Waals surface area contributed by atoms with E-state index in [2.05, 4.69) is 22.7 Å². The summed E-state index contributed by atoms with van der Waals surface area (Å²) < 4.78 is 0. The zero-order valence-electron chi connectivity index (χ0n) is 8.03. The molecule has 0 aromatic rings. The Hall–Kier alpha value is -1.09. The predicted octanol–water partition coefficient (Wildman–Crippen LogP) is 1.65. The normalized spacial score (nSPS) is 19.8. The molecular formula is C10H16N2O. The van der Waals surface area contributed by atoms with Gasteiger partial charge in [-0.05, 0) is 18.9 Å². The molecule has 3 heteroatoms. The molecule has 0 aromatic carbocycles. The van der Waals surface area contributed by atoms with E-state index < -0.39 is 0 Å². The first-order valence-electron chi connectivity index (χ1n) is 4.49. The number of nitrogens with zero attached hydrogens (tertiary/aromatic N) is 2. The van der Waals surface area contributed by atoms with Crippen molar-refractivity contribution >= 4 is 5.71 Å². The van der Waals surface area contributed by atoms with E-state index >= 15 is 0 Å². The number of rotatable bonds is 3. The largest absolute Gasteiger partial charge is 0.411 e. The van der Waals surface area contributed by atoms with Crippen molar-refractivity contribution in [1.29, 1.82) is 0 Å². The Balaban J connectivity index is 2.58. The fourth-order valence-electron chi connectivity index (χ4n) is 1.47. The van der Waals surface area contributed by atoms with Crippen LogP contribution in [0.4, 0.5) is 0 Å². The minimum absolute atomic E-state index is 0.716. The third kappa shape index (κ3) is 2.70. The highest BCUT2D eigenvalue weighted by Gasteiger charge is 2.12. The molecule has 0 atom stereocenters. The van der Waals surface area contributed by atoms with Gasteiger partial charge in [-0.2, -0.15) is 0 Å². The second kappa shape index (κ2) is 4.82. The van der Waals surface area contributed by atoms with Crippen LogP contribution in [0.1, 0.15) is 13.3 Å². The summed E-state index contributed by atoms with van der Waals surface area (Å²) in [5.74, 6) is 0. The topological polar surface area (TPSA) is 35.8 Å². The van der Waals surface area contributed by atoms with Gasteiger partial charge in [0.15, 0.2) is 0 Å². The molecule has 13 heavy (non-hydrogen) atoms. The van der Waals surface area contributed by atoms with Crippen LogP contribution in [-0.4, -0.2) is 35.5 Å². The first-order valence-corrected chi connectivity index (χ1v) is 4.49. The van der Waals surface area contributed by atoms with Crippen LogP contribution in [0.2, 0.25) is 0 Å². The third-order valence-corrected chi connectivity index (χ3v) is 2.23. The highest BCUT2D eigenvalue weighted by atomic mass is 16.4. The lowest BCUT2D eigenvalue weighted by Crippen LogP contribution is -2.31. The lowest BCUT2D eigenvalue weighted by atomic mass is 10.1. The van der Waals surface area contributed by atoms with E-state index in [1.165, 1.54) is 0 Å². The molecule has 0 bridgehead atoms. The lowest BCUT2D eigenvalue weighted by molar-refractivity contribution is 0.311. The molecule has 3 nitrogen and oxygen atoms in total. The molecule has 0 saturated heterocycles. The Morgan fingerprint density at radius 1 is 1.85 bits per heavy atom. The maximum atomic E-state index is 8.61. The summed E-state index contributed by atoms with van der Waals surface area (Å²) in [4.78, 5) is 2.27. The van der Waals surface area contributed by atoms with Gasteiger partial charge in [-0.1, -0.05) is 17.3 Å². The molecule has 1 N–H and O–H groups in total. The van der Waals surface area contributed by atoms with Gasteiger partial charge in [-0.15, -0.1) is 6.58 Å². The van der Waals surface area contributed by atoms with Crippen LogP contribution in [0.3, 0.4) is 0 Å². The van der Waals surface area contributed by atoms with Gasteiger partial charge in [0.05, 0.1) is 5.71 Å². The summed E-state index contributed by atoms with van der Waals surface area (Å²) in [5, 5.41) is 11.8. The van der Waals surface area contributed by atoms with E-state index in [0.29, 0.717) is 5.71 Å². The minimum atomic E-state index is 0.716. The fourth-order valence-corrected chi connectivity index (χ4v) is 1.47. The van der Waals surface area contributed by atoms with Gasteiger partial charge >= 0.3 is 0 Å². The minimum Gasteiger partial charge on any atom is -0.411 e. The lowest BCUT2D eigenvalue weighted by Gasteiger charge is -2.25. The molecule has 0 aromatic heterocycles. The van der Waals surface area contributed by atoms with Gasteiger partial charge in [0, 0.05) is 19.6 Å². The molecule has 0 radical (unpaired) electrons. The second-order valence-electron chi connectivity index (χ2n) is 3.23. The summed E-state index contributed by atoms with van der Waals surface area (Å²) in [6.07, 6.45) is 5.05. The van der Waals surface area contributed by atoms with Gasteiger partial charge < -0.3 is 5.21 Å². The highest BCUT2D eigenvalue weighted by Crippen LogP contribution is 2.10. The van der Waals surface area contributed by atoms with Gasteiger partial charge in [-0.3, -0.25) is 4.90 Å². The molecule has 72 valence electrons. The molecule has 0 fully saturated rings. The van der Waals surface area contributed by atoms with Gasteiger partial charge in [0.1, 0.15) is 0 Å². The van der Waals surface area contributed by atoms with Gasteiger partial charge in [0.25, 0.3) is 0 Å². The van der Waals surface area contributed by atoms with E-state index in [1.807, 2.05) is 13.0 Å². The second-order valence-corrected chi connectivity index (χ2v) is 3.23. The number of hydrogen-bond donors (Lipinski definition) is 1. The third-order valence-electron chi connectivity index (χ3n) is 2.23. The van der Waals surface area contributed by atoms with Crippen molar-refractivity contribution in [2.45, 2.75) is 13.3 Å². The van der Waals surface area contributed by atoms with Crippen LogP contribution in [-0.2, 0) is 0 Å². The molecular weight excluding hydrogens is 164 g/mol. The van der Waals surface area contributed by atoms with Crippen LogP contribution in [0, 0.1) is 0 Å². The summed E-state index contributed by atoms with van der Waals surface area (Å²) in [5.41, 5.74) is 1.84. The predicted molar refractivity (Wildman–Crippen MR) is 54.2 cm³/mol. The summed E-state index contributed by atoms with van der Waals surface area (Å²) >= 11 is 0. The van der Waals surface area contributed by atoms with Crippen molar-refractivity contribution in [2.75, 3.05) is 19.6 Å². The summed E-state index contributed by atoms with van der Waals surface area (Å²) in [6, 6.07) is 0. The quantitative estimate of drug-likeness (QED) is 0.310. The zero-order chi connectivity index (χ0) is 9.68. The molecule has 1 rings (SSSR count). The Bertz CT molecular complexity index is 243. The van der Waals surface area contributed by atoms with Crippen molar-refractivity contribution in [2.24, 2.45) is 5.16 Å². The standard InChI is InChI=1S/C10H16N2O/c1-3-6-12-7-4-5-10(8-12)9(2)11-13/h3,5,13H,1,4,6-8H2,2H3. The zero-order valence-corrected chi connectivity index (χ0v) is 8.03. The Kier molecular flexibility index (Phi) is 3.71.